The van der Waals surface area contributed by atoms with Crippen molar-refractivity contribution in [3.63, 3.8) is 0 Å². The first-order chi connectivity index (χ1) is 17.8. The largest absolute Gasteiger partial charge is 0.490 e. The van der Waals surface area contributed by atoms with Crippen LogP contribution in [-0.4, -0.2) is 28.4 Å². The molecule has 1 N–H and O–H groups in total. The van der Waals surface area contributed by atoms with Gasteiger partial charge in [-0.25, -0.2) is 9.18 Å². The number of rotatable bonds is 9. The SMILES string of the molecule is CCOc1cc(/C=C2/NC(=O)N(Cc3ccccc3F)C2=O)cc(I)c1OCc1cccc([N+](=O)[O-])c1. The molecule has 37 heavy (non-hydrogen) atoms. The van der Waals surface area contributed by atoms with Crippen LogP contribution in [0.5, 0.6) is 11.5 Å². The third-order valence-corrected chi connectivity index (χ3v) is 6.20. The third-order valence-electron chi connectivity index (χ3n) is 5.40. The molecule has 1 saturated heterocycles. The first kappa shape index (κ1) is 26.1. The van der Waals surface area contributed by atoms with Crippen LogP contribution in [0.4, 0.5) is 14.9 Å². The van der Waals surface area contributed by atoms with Crippen molar-refractivity contribution < 1.29 is 28.4 Å². The molecule has 0 radical (unpaired) electrons. The highest BCUT2D eigenvalue weighted by atomic mass is 127. The second kappa shape index (κ2) is 11.4. The number of halogens is 2. The molecule has 0 unspecified atom stereocenters. The maximum Gasteiger partial charge on any atom is 0.329 e. The highest BCUT2D eigenvalue weighted by Crippen LogP contribution is 2.36. The van der Waals surface area contributed by atoms with Crippen LogP contribution in [0.25, 0.3) is 6.08 Å². The van der Waals surface area contributed by atoms with Gasteiger partial charge in [0.05, 0.1) is 21.6 Å². The summed E-state index contributed by atoms with van der Waals surface area (Å²) < 4.78 is 26.4. The Morgan fingerprint density at radius 2 is 1.89 bits per heavy atom. The van der Waals surface area contributed by atoms with Crippen molar-refractivity contribution in [1.82, 2.24) is 10.2 Å². The monoisotopic (exact) mass is 617 g/mol. The lowest BCUT2D eigenvalue weighted by Crippen LogP contribution is -2.30. The molecule has 1 heterocycles. The van der Waals surface area contributed by atoms with E-state index in [2.05, 4.69) is 27.9 Å². The maximum atomic E-state index is 14.0. The van der Waals surface area contributed by atoms with E-state index in [-0.39, 0.29) is 30.1 Å². The molecule has 4 rings (SSSR count). The van der Waals surface area contributed by atoms with Crippen LogP contribution in [0.2, 0.25) is 0 Å². The maximum absolute atomic E-state index is 14.0. The Kier molecular flexibility index (Phi) is 8.01. The molecule has 1 aliphatic rings. The van der Waals surface area contributed by atoms with Gasteiger partial charge in [0.15, 0.2) is 11.5 Å². The van der Waals surface area contributed by atoms with Crippen LogP contribution >= 0.6 is 22.6 Å². The van der Waals surface area contributed by atoms with E-state index in [0.29, 0.717) is 32.8 Å². The number of nitrogens with zero attached hydrogens (tertiary/aromatic N) is 2. The summed E-state index contributed by atoms with van der Waals surface area (Å²) in [5.41, 5.74) is 1.44. The van der Waals surface area contributed by atoms with Crippen LogP contribution in [0.3, 0.4) is 0 Å². The number of imide groups is 1. The van der Waals surface area contributed by atoms with Gasteiger partial charge in [-0.3, -0.25) is 19.8 Å². The number of hydrogen-bond acceptors (Lipinski definition) is 6. The lowest BCUT2D eigenvalue weighted by atomic mass is 10.1. The first-order valence-corrected chi connectivity index (χ1v) is 12.2. The standard InChI is InChI=1S/C26H21FIN3O6/c1-2-36-23-13-17(11-21(28)24(23)37-15-16-6-5-8-19(10-16)31(34)35)12-22-25(32)30(26(33)29-22)14-18-7-3-4-9-20(18)27/h3-13H,2,14-15H2,1H3,(H,29,33)/b22-12+. The second-order valence-corrected chi connectivity index (χ2v) is 9.11. The van der Waals surface area contributed by atoms with Crippen molar-refractivity contribution in [2.45, 2.75) is 20.1 Å². The van der Waals surface area contributed by atoms with Gasteiger partial charge in [-0.2, -0.15) is 0 Å². The Balaban J connectivity index is 1.56. The molecule has 1 aliphatic heterocycles. The molecule has 0 aromatic heterocycles. The fraction of sp³-hybridized carbons (Fsp3) is 0.154. The predicted molar refractivity (Wildman–Crippen MR) is 141 cm³/mol. The van der Waals surface area contributed by atoms with Gasteiger partial charge in [0, 0.05) is 17.7 Å². The van der Waals surface area contributed by atoms with Gasteiger partial charge >= 0.3 is 6.03 Å². The zero-order valence-electron chi connectivity index (χ0n) is 19.6. The van der Waals surface area contributed by atoms with Gasteiger partial charge in [0.25, 0.3) is 11.6 Å². The molecule has 0 spiro atoms. The smallest absolute Gasteiger partial charge is 0.329 e. The molecule has 3 aromatic carbocycles. The molecular weight excluding hydrogens is 596 g/mol. The Bertz CT molecular complexity index is 1410. The molecule has 1 fully saturated rings. The quantitative estimate of drug-likeness (QED) is 0.113. The zero-order chi connectivity index (χ0) is 26.5. The number of non-ortho nitro benzene ring substituents is 1. The number of nitro benzene ring substituents is 1. The highest BCUT2D eigenvalue weighted by molar-refractivity contribution is 14.1. The van der Waals surface area contributed by atoms with Crippen LogP contribution in [-0.2, 0) is 17.9 Å². The summed E-state index contributed by atoms with van der Waals surface area (Å²) in [6.07, 6.45) is 1.51. The number of urea groups is 1. The normalized spacial score (nSPS) is 14.1. The van der Waals surface area contributed by atoms with Crippen molar-refractivity contribution in [1.29, 1.82) is 0 Å². The molecule has 11 heteroatoms. The number of amides is 3. The van der Waals surface area contributed by atoms with Gasteiger partial charge < -0.3 is 14.8 Å². The molecule has 3 aromatic rings. The van der Waals surface area contributed by atoms with E-state index in [9.17, 15) is 24.1 Å². The average Bonchev–Trinajstić information content (AvgIpc) is 3.12. The molecule has 190 valence electrons. The van der Waals surface area contributed by atoms with Crippen LogP contribution in [0.1, 0.15) is 23.6 Å². The van der Waals surface area contributed by atoms with E-state index in [1.54, 1.807) is 30.3 Å². The molecule has 3 amide bonds. The van der Waals surface area contributed by atoms with Crippen molar-refractivity contribution in [2.75, 3.05) is 6.61 Å². The van der Waals surface area contributed by atoms with Gasteiger partial charge in [-0.15, -0.1) is 0 Å². The molecule has 0 bridgehead atoms. The van der Waals surface area contributed by atoms with Crippen LogP contribution in [0, 0.1) is 19.5 Å². The van der Waals surface area contributed by atoms with E-state index < -0.39 is 22.7 Å². The topological polar surface area (TPSA) is 111 Å². The zero-order valence-corrected chi connectivity index (χ0v) is 21.7. The fourth-order valence-corrected chi connectivity index (χ4v) is 4.45. The number of nitrogens with one attached hydrogen (secondary N) is 1. The van der Waals surface area contributed by atoms with E-state index in [4.69, 9.17) is 9.47 Å². The Labute approximate surface area is 225 Å². The number of carbonyl (C=O) groups is 2. The van der Waals surface area contributed by atoms with Crippen molar-refractivity contribution >= 4 is 46.3 Å². The number of nitro groups is 1. The van der Waals surface area contributed by atoms with Gasteiger partial charge in [-0.1, -0.05) is 30.3 Å². The second-order valence-electron chi connectivity index (χ2n) is 7.95. The van der Waals surface area contributed by atoms with E-state index in [1.807, 2.05) is 6.92 Å². The first-order valence-electron chi connectivity index (χ1n) is 11.2. The summed E-state index contributed by atoms with van der Waals surface area (Å²) >= 11 is 2.06. The van der Waals surface area contributed by atoms with E-state index in [0.717, 1.165) is 4.90 Å². The molecular formula is C26H21FIN3O6. The average molecular weight is 617 g/mol. The lowest BCUT2D eigenvalue weighted by Gasteiger charge is -2.15. The Hall–Kier alpha value is -4.00. The van der Waals surface area contributed by atoms with Crippen LogP contribution in [0.15, 0.2) is 66.4 Å². The van der Waals surface area contributed by atoms with Crippen LogP contribution < -0.4 is 14.8 Å². The summed E-state index contributed by atoms with van der Waals surface area (Å²) in [6.45, 7) is 2.04. The van der Waals surface area contributed by atoms with Gasteiger partial charge in [0.1, 0.15) is 18.1 Å². The van der Waals surface area contributed by atoms with E-state index >= 15 is 0 Å². The predicted octanol–water partition coefficient (Wildman–Crippen LogP) is 5.41. The lowest BCUT2D eigenvalue weighted by molar-refractivity contribution is -0.384. The van der Waals surface area contributed by atoms with Crippen molar-refractivity contribution in [3.05, 3.63) is 103 Å². The molecule has 0 atom stereocenters. The number of ether oxygens (including phenoxy) is 2. The number of benzene rings is 3. The molecule has 9 nitrogen and oxygen atoms in total. The highest BCUT2D eigenvalue weighted by Gasteiger charge is 2.34. The molecule has 0 saturated carbocycles. The minimum Gasteiger partial charge on any atom is -0.490 e. The summed E-state index contributed by atoms with van der Waals surface area (Å²) in [4.78, 5) is 36.8. The van der Waals surface area contributed by atoms with Crippen molar-refractivity contribution in [2.24, 2.45) is 0 Å². The van der Waals surface area contributed by atoms with Gasteiger partial charge in [-0.05, 0) is 64.9 Å². The Morgan fingerprint density at radius 1 is 1.11 bits per heavy atom. The minimum atomic E-state index is -0.642. The Morgan fingerprint density at radius 3 is 2.62 bits per heavy atom. The molecule has 0 aliphatic carbocycles. The summed E-state index contributed by atoms with van der Waals surface area (Å²) in [5, 5.41) is 13.6. The van der Waals surface area contributed by atoms with E-state index in [1.165, 1.54) is 36.4 Å². The fourth-order valence-electron chi connectivity index (χ4n) is 3.67. The summed E-state index contributed by atoms with van der Waals surface area (Å²) in [7, 11) is 0. The summed E-state index contributed by atoms with van der Waals surface area (Å²) in [6, 6.07) is 14.9. The van der Waals surface area contributed by atoms with Crippen molar-refractivity contribution in [3.8, 4) is 11.5 Å². The third kappa shape index (κ3) is 6.05. The number of carbonyl (C=O) groups excluding carboxylic acids is 2. The summed E-state index contributed by atoms with van der Waals surface area (Å²) in [5.74, 6) is -0.227. The number of hydrogen-bond donors (Lipinski definition) is 1. The minimum absolute atomic E-state index is 0.0323. The van der Waals surface area contributed by atoms with Gasteiger partial charge in [0.2, 0.25) is 0 Å².